The number of ether oxygens (including phenoxy) is 1. The summed E-state index contributed by atoms with van der Waals surface area (Å²) in [5.74, 6) is 1.48. The van der Waals surface area contributed by atoms with E-state index in [2.05, 4.69) is 0 Å². The molecule has 2 saturated heterocycles. The standard InChI is InChI=1S/C13H22BNO4/c1-13(2,3)19-12(16)15-10-4-5-11(15)7-9(6-10)8-14(17)18/h8,10-11,17-18H,4-7H2,1-3H3. The lowest BCUT2D eigenvalue weighted by atomic mass is 9.83. The minimum absolute atomic E-state index is 0.138. The molecule has 0 radical (unpaired) electrons. The summed E-state index contributed by atoms with van der Waals surface area (Å²) in [6, 6.07) is 0.275. The van der Waals surface area contributed by atoms with Crippen LogP contribution >= 0.6 is 0 Å². The van der Waals surface area contributed by atoms with Gasteiger partial charge in [-0.05, 0) is 46.5 Å². The second-order valence-electron chi connectivity index (χ2n) is 6.42. The van der Waals surface area contributed by atoms with Crippen molar-refractivity contribution in [2.45, 2.75) is 64.1 Å². The van der Waals surface area contributed by atoms with Gasteiger partial charge in [-0.15, -0.1) is 0 Å². The van der Waals surface area contributed by atoms with E-state index < -0.39 is 12.7 Å². The molecule has 2 aliphatic rings. The lowest BCUT2D eigenvalue weighted by molar-refractivity contribution is 0.0115. The Labute approximate surface area is 114 Å². The van der Waals surface area contributed by atoms with Crippen LogP contribution in [0.25, 0.3) is 0 Å². The van der Waals surface area contributed by atoms with Gasteiger partial charge in [-0.2, -0.15) is 0 Å². The van der Waals surface area contributed by atoms with Gasteiger partial charge in [-0.1, -0.05) is 11.5 Å². The van der Waals surface area contributed by atoms with E-state index in [9.17, 15) is 4.79 Å². The zero-order valence-corrected chi connectivity index (χ0v) is 11.8. The van der Waals surface area contributed by atoms with Crippen LogP contribution in [0.2, 0.25) is 0 Å². The maximum atomic E-state index is 12.2. The van der Waals surface area contributed by atoms with Crippen molar-refractivity contribution in [2.75, 3.05) is 0 Å². The molecule has 0 aromatic carbocycles. The van der Waals surface area contributed by atoms with Gasteiger partial charge in [-0.25, -0.2) is 4.79 Å². The number of carbonyl (C=O) groups excluding carboxylic acids is 1. The summed E-state index contributed by atoms with van der Waals surface area (Å²) in [4.78, 5) is 14.0. The van der Waals surface area contributed by atoms with Crippen molar-refractivity contribution in [3.05, 3.63) is 11.5 Å². The summed E-state index contributed by atoms with van der Waals surface area (Å²) in [7, 11) is -1.40. The monoisotopic (exact) mass is 267 g/mol. The van der Waals surface area contributed by atoms with Crippen LogP contribution in [0.3, 0.4) is 0 Å². The summed E-state index contributed by atoms with van der Waals surface area (Å²) in [5.41, 5.74) is 0.552. The highest BCUT2D eigenvalue weighted by molar-refractivity contribution is 6.47. The number of hydrogen-bond donors (Lipinski definition) is 2. The van der Waals surface area contributed by atoms with Crippen molar-refractivity contribution < 1.29 is 19.6 Å². The number of hydrogen-bond acceptors (Lipinski definition) is 4. The predicted molar refractivity (Wildman–Crippen MR) is 72.4 cm³/mol. The van der Waals surface area contributed by atoms with Gasteiger partial charge in [0, 0.05) is 12.1 Å². The molecule has 0 spiro atoms. The van der Waals surface area contributed by atoms with E-state index in [0.29, 0.717) is 12.8 Å². The molecule has 2 rings (SSSR count). The Morgan fingerprint density at radius 2 is 1.84 bits per heavy atom. The SMILES string of the molecule is CC(C)(C)OC(=O)N1C2CCC1CC(=CB(O)O)C2. The van der Waals surface area contributed by atoms with Gasteiger partial charge in [0.15, 0.2) is 0 Å². The quantitative estimate of drug-likeness (QED) is 0.706. The van der Waals surface area contributed by atoms with E-state index in [1.165, 1.54) is 5.98 Å². The molecular formula is C13H22BNO4. The van der Waals surface area contributed by atoms with Crippen LogP contribution in [-0.2, 0) is 4.74 Å². The van der Waals surface area contributed by atoms with E-state index in [4.69, 9.17) is 14.8 Å². The Morgan fingerprint density at radius 3 is 2.26 bits per heavy atom. The third-order valence-electron chi connectivity index (χ3n) is 3.60. The van der Waals surface area contributed by atoms with Crippen molar-refractivity contribution in [2.24, 2.45) is 0 Å². The van der Waals surface area contributed by atoms with Gasteiger partial charge in [0.05, 0.1) is 0 Å². The largest absolute Gasteiger partial charge is 0.480 e. The van der Waals surface area contributed by atoms with E-state index in [-0.39, 0.29) is 18.2 Å². The van der Waals surface area contributed by atoms with Crippen LogP contribution in [0.4, 0.5) is 4.79 Å². The first-order chi connectivity index (χ1) is 8.76. The molecule has 19 heavy (non-hydrogen) atoms. The van der Waals surface area contributed by atoms with Gasteiger partial charge in [0.1, 0.15) is 5.60 Å². The highest BCUT2D eigenvalue weighted by Crippen LogP contribution is 2.39. The van der Waals surface area contributed by atoms with Crippen molar-refractivity contribution >= 4 is 13.2 Å². The fourth-order valence-corrected chi connectivity index (χ4v) is 3.01. The molecule has 0 saturated carbocycles. The van der Waals surface area contributed by atoms with E-state index in [1.54, 1.807) is 0 Å². The molecular weight excluding hydrogens is 245 g/mol. The maximum Gasteiger partial charge on any atom is 0.480 e. The zero-order chi connectivity index (χ0) is 14.2. The van der Waals surface area contributed by atoms with Crippen LogP contribution in [0.1, 0.15) is 46.5 Å². The molecule has 2 fully saturated rings. The first kappa shape index (κ1) is 14.4. The van der Waals surface area contributed by atoms with Crippen LogP contribution in [0, 0.1) is 0 Å². The number of fused-ring (bicyclic) bond motifs is 2. The van der Waals surface area contributed by atoms with E-state index >= 15 is 0 Å². The highest BCUT2D eigenvalue weighted by atomic mass is 16.6. The third-order valence-corrected chi connectivity index (χ3v) is 3.60. The van der Waals surface area contributed by atoms with Gasteiger partial charge in [-0.3, -0.25) is 0 Å². The van der Waals surface area contributed by atoms with Crippen molar-refractivity contribution in [1.29, 1.82) is 0 Å². The predicted octanol–water partition coefficient (Wildman–Crippen LogP) is 1.49. The third kappa shape index (κ3) is 3.51. The smallest absolute Gasteiger partial charge is 0.444 e. The molecule has 6 heteroatoms. The summed E-state index contributed by atoms with van der Waals surface area (Å²) < 4.78 is 5.44. The van der Waals surface area contributed by atoms with Crippen LogP contribution in [0.15, 0.2) is 11.5 Å². The Hall–Kier alpha value is -1.01. The average molecular weight is 267 g/mol. The minimum Gasteiger partial charge on any atom is -0.444 e. The molecule has 0 aromatic rings. The molecule has 2 aliphatic heterocycles. The van der Waals surface area contributed by atoms with Crippen molar-refractivity contribution in [3.8, 4) is 0 Å². The molecule has 2 bridgehead atoms. The number of nitrogens with zero attached hydrogens (tertiary/aromatic N) is 1. The Bertz CT molecular complexity index is 373. The molecule has 5 nitrogen and oxygen atoms in total. The lowest BCUT2D eigenvalue weighted by Gasteiger charge is -2.37. The molecule has 2 atom stereocenters. The fourth-order valence-electron chi connectivity index (χ4n) is 3.01. The number of amides is 1. The average Bonchev–Trinajstić information content (AvgIpc) is 2.47. The summed E-state index contributed by atoms with van der Waals surface area (Å²) >= 11 is 0. The molecule has 106 valence electrons. The summed E-state index contributed by atoms with van der Waals surface area (Å²) in [6.45, 7) is 5.60. The van der Waals surface area contributed by atoms with Crippen LogP contribution < -0.4 is 0 Å². The summed E-state index contributed by atoms with van der Waals surface area (Å²) in [5, 5.41) is 18.0. The highest BCUT2D eigenvalue weighted by Gasteiger charge is 2.43. The second kappa shape index (κ2) is 5.17. The number of piperidine rings is 1. The Kier molecular flexibility index (Phi) is 3.92. The Balaban J connectivity index is 2.05. The minimum atomic E-state index is -1.40. The number of rotatable bonds is 1. The molecule has 2 heterocycles. The molecule has 0 aromatic heterocycles. The number of carbonyl (C=O) groups is 1. The first-order valence-electron chi connectivity index (χ1n) is 6.83. The molecule has 0 aliphatic carbocycles. The summed E-state index contributed by atoms with van der Waals surface area (Å²) in [6.07, 6.45) is 3.11. The lowest BCUT2D eigenvalue weighted by Crippen LogP contribution is -2.47. The van der Waals surface area contributed by atoms with Gasteiger partial charge < -0.3 is 19.7 Å². The van der Waals surface area contributed by atoms with Crippen LogP contribution in [0.5, 0.6) is 0 Å². The zero-order valence-electron chi connectivity index (χ0n) is 11.8. The van der Waals surface area contributed by atoms with Gasteiger partial charge in [0.2, 0.25) is 0 Å². The molecule has 1 amide bonds. The van der Waals surface area contributed by atoms with Crippen molar-refractivity contribution in [3.63, 3.8) is 0 Å². The molecule has 2 N–H and O–H groups in total. The Morgan fingerprint density at radius 1 is 1.32 bits per heavy atom. The topological polar surface area (TPSA) is 70.0 Å². The van der Waals surface area contributed by atoms with E-state index in [0.717, 1.165) is 18.4 Å². The second-order valence-corrected chi connectivity index (χ2v) is 6.42. The van der Waals surface area contributed by atoms with Gasteiger partial charge >= 0.3 is 13.2 Å². The fraction of sp³-hybridized carbons (Fsp3) is 0.769. The van der Waals surface area contributed by atoms with Gasteiger partial charge in [0.25, 0.3) is 0 Å². The normalized spacial score (nSPS) is 26.4. The van der Waals surface area contributed by atoms with Crippen molar-refractivity contribution in [1.82, 2.24) is 4.90 Å². The maximum absolute atomic E-state index is 12.2. The van der Waals surface area contributed by atoms with E-state index in [1.807, 2.05) is 25.7 Å². The van der Waals surface area contributed by atoms with Crippen LogP contribution in [-0.4, -0.2) is 45.8 Å². The molecule has 2 unspecified atom stereocenters. The first-order valence-corrected chi connectivity index (χ1v) is 6.83.